The number of amides is 1. The summed E-state index contributed by atoms with van der Waals surface area (Å²) in [5.41, 5.74) is 7.23. The number of nitrogens with zero attached hydrogens (tertiary/aromatic N) is 2. The fourth-order valence-electron chi connectivity index (χ4n) is 1.67. The molecule has 0 saturated carbocycles. The number of carbonyl (C=O) groups excluding carboxylic acids is 1. The zero-order valence-corrected chi connectivity index (χ0v) is 8.61. The number of anilines is 1. The number of hydrogen-bond donors (Lipinski definition) is 2. The third kappa shape index (κ3) is 1.32. The van der Waals surface area contributed by atoms with Gasteiger partial charge in [0.25, 0.3) is 5.91 Å². The first-order valence-electron chi connectivity index (χ1n) is 4.56. The Hall–Kier alpha value is -2.04. The van der Waals surface area contributed by atoms with Crippen LogP contribution >= 0.6 is 0 Å². The summed E-state index contributed by atoms with van der Waals surface area (Å²) in [6, 6.07) is 1.90. The van der Waals surface area contributed by atoms with Crippen molar-refractivity contribution in [1.82, 2.24) is 9.55 Å². The Morgan fingerprint density at radius 1 is 1.60 bits per heavy atom. The van der Waals surface area contributed by atoms with Crippen LogP contribution in [0.15, 0.2) is 18.5 Å². The maximum atomic E-state index is 11.2. The van der Waals surface area contributed by atoms with Crippen LogP contribution in [0.3, 0.4) is 0 Å². The summed E-state index contributed by atoms with van der Waals surface area (Å²) < 4.78 is 1.89. The Kier molecular flexibility index (Phi) is 2.07. The van der Waals surface area contributed by atoms with E-state index >= 15 is 0 Å². The van der Waals surface area contributed by atoms with Gasteiger partial charge in [0.1, 0.15) is 5.65 Å². The highest BCUT2D eigenvalue weighted by Crippen LogP contribution is 2.25. The number of nitrogens with one attached hydrogen (secondary N) is 1. The maximum Gasteiger partial charge on any atom is 0.252 e. The van der Waals surface area contributed by atoms with Gasteiger partial charge < -0.3 is 15.6 Å². The van der Waals surface area contributed by atoms with Gasteiger partial charge in [0.15, 0.2) is 0 Å². The van der Waals surface area contributed by atoms with E-state index in [1.54, 1.807) is 7.05 Å². The summed E-state index contributed by atoms with van der Waals surface area (Å²) in [4.78, 5) is 15.4. The monoisotopic (exact) mass is 204 g/mol. The van der Waals surface area contributed by atoms with Crippen molar-refractivity contribution in [2.45, 2.75) is 0 Å². The predicted octanol–water partition coefficient (Wildman–Crippen LogP) is 0.714. The molecular formula is C10H12N4O. The molecule has 0 aromatic carbocycles. The van der Waals surface area contributed by atoms with Crippen LogP contribution in [0, 0.1) is 0 Å². The standard InChI is InChI=1S/C10H12N4O/c1-12-8-6-3-4-14(2)10(6)13-5-7(8)9(11)15/h3-5H,1-2H3,(H2,11,15)(H,12,13). The molecule has 0 fully saturated rings. The van der Waals surface area contributed by atoms with Crippen molar-refractivity contribution in [3.63, 3.8) is 0 Å². The van der Waals surface area contributed by atoms with E-state index in [0.717, 1.165) is 16.7 Å². The van der Waals surface area contributed by atoms with E-state index in [1.807, 2.05) is 23.9 Å². The van der Waals surface area contributed by atoms with Gasteiger partial charge in [-0.1, -0.05) is 0 Å². The molecule has 3 N–H and O–H groups in total. The molecular weight excluding hydrogens is 192 g/mol. The van der Waals surface area contributed by atoms with E-state index in [9.17, 15) is 4.79 Å². The highest BCUT2D eigenvalue weighted by Gasteiger charge is 2.13. The van der Waals surface area contributed by atoms with Gasteiger partial charge in [-0.3, -0.25) is 4.79 Å². The van der Waals surface area contributed by atoms with Crippen LogP contribution in [0.5, 0.6) is 0 Å². The Balaban J connectivity index is 2.82. The second-order valence-electron chi connectivity index (χ2n) is 3.33. The highest BCUT2D eigenvalue weighted by molar-refractivity contribution is 6.05. The normalized spacial score (nSPS) is 10.5. The molecule has 78 valence electrons. The zero-order chi connectivity index (χ0) is 11.0. The molecule has 0 unspecified atom stereocenters. The van der Waals surface area contributed by atoms with Crippen molar-refractivity contribution in [3.8, 4) is 0 Å². The fourth-order valence-corrected chi connectivity index (χ4v) is 1.67. The number of aryl methyl sites for hydroxylation is 1. The predicted molar refractivity (Wildman–Crippen MR) is 58.8 cm³/mol. The molecule has 2 aromatic heterocycles. The van der Waals surface area contributed by atoms with Gasteiger partial charge >= 0.3 is 0 Å². The first-order chi connectivity index (χ1) is 7.15. The van der Waals surface area contributed by atoms with Crippen LogP contribution in [-0.2, 0) is 7.05 Å². The lowest BCUT2D eigenvalue weighted by Gasteiger charge is -2.07. The first kappa shape index (κ1) is 9.51. The van der Waals surface area contributed by atoms with Crippen LogP contribution < -0.4 is 11.1 Å². The number of primary amides is 1. The maximum absolute atomic E-state index is 11.2. The van der Waals surface area contributed by atoms with Gasteiger partial charge in [-0.2, -0.15) is 0 Å². The van der Waals surface area contributed by atoms with Crippen LogP contribution in [-0.4, -0.2) is 22.5 Å². The molecule has 0 radical (unpaired) electrons. The van der Waals surface area contributed by atoms with Crippen molar-refractivity contribution in [2.24, 2.45) is 12.8 Å². The van der Waals surface area contributed by atoms with Gasteiger partial charge in [0.05, 0.1) is 11.3 Å². The molecule has 2 heterocycles. The van der Waals surface area contributed by atoms with E-state index in [1.165, 1.54) is 6.20 Å². The van der Waals surface area contributed by atoms with Crippen LogP contribution in [0.25, 0.3) is 11.0 Å². The highest BCUT2D eigenvalue weighted by atomic mass is 16.1. The molecule has 0 aliphatic rings. The third-order valence-corrected chi connectivity index (χ3v) is 2.41. The zero-order valence-electron chi connectivity index (χ0n) is 8.61. The van der Waals surface area contributed by atoms with E-state index in [-0.39, 0.29) is 0 Å². The lowest BCUT2D eigenvalue weighted by atomic mass is 10.1. The summed E-state index contributed by atoms with van der Waals surface area (Å²) in [5, 5.41) is 3.88. The molecule has 0 aliphatic carbocycles. The van der Waals surface area contributed by atoms with Crippen LogP contribution in [0.4, 0.5) is 5.69 Å². The average molecular weight is 204 g/mol. The molecule has 2 aromatic rings. The van der Waals surface area contributed by atoms with E-state index in [2.05, 4.69) is 10.3 Å². The second-order valence-corrected chi connectivity index (χ2v) is 3.33. The Labute approximate surface area is 86.9 Å². The first-order valence-corrected chi connectivity index (χ1v) is 4.56. The number of fused-ring (bicyclic) bond motifs is 1. The van der Waals surface area contributed by atoms with Gasteiger partial charge in [0.2, 0.25) is 0 Å². The number of carbonyl (C=O) groups is 1. The number of aromatic nitrogens is 2. The molecule has 0 saturated heterocycles. The largest absolute Gasteiger partial charge is 0.387 e. The molecule has 0 atom stereocenters. The Morgan fingerprint density at radius 3 is 2.93 bits per heavy atom. The number of pyridine rings is 1. The average Bonchev–Trinajstić information content (AvgIpc) is 2.59. The smallest absolute Gasteiger partial charge is 0.252 e. The molecule has 0 bridgehead atoms. The van der Waals surface area contributed by atoms with Gasteiger partial charge in [0, 0.05) is 31.9 Å². The summed E-state index contributed by atoms with van der Waals surface area (Å²) in [5.74, 6) is -0.474. The van der Waals surface area contributed by atoms with Crippen molar-refractivity contribution in [2.75, 3.05) is 12.4 Å². The number of rotatable bonds is 2. The minimum absolute atomic E-state index is 0.413. The summed E-state index contributed by atoms with van der Waals surface area (Å²) in [7, 11) is 3.66. The molecule has 0 spiro atoms. The molecule has 2 rings (SSSR count). The van der Waals surface area contributed by atoms with E-state index < -0.39 is 5.91 Å². The van der Waals surface area contributed by atoms with E-state index in [0.29, 0.717) is 5.56 Å². The SMILES string of the molecule is CNc1c(C(N)=O)cnc2c1ccn2C. The Morgan fingerprint density at radius 2 is 2.33 bits per heavy atom. The number of hydrogen-bond acceptors (Lipinski definition) is 3. The van der Waals surface area contributed by atoms with Gasteiger partial charge in [-0.25, -0.2) is 4.98 Å². The van der Waals surface area contributed by atoms with Gasteiger partial charge in [-0.05, 0) is 6.07 Å². The summed E-state index contributed by atoms with van der Waals surface area (Å²) in [6.45, 7) is 0. The van der Waals surface area contributed by atoms with Crippen molar-refractivity contribution in [1.29, 1.82) is 0 Å². The Bertz CT molecular complexity index is 529. The molecule has 15 heavy (non-hydrogen) atoms. The quantitative estimate of drug-likeness (QED) is 0.756. The molecule has 0 aliphatic heterocycles. The van der Waals surface area contributed by atoms with Crippen molar-refractivity contribution >= 4 is 22.6 Å². The minimum atomic E-state index is -0.474. The topological polar surface area (TPSA) is 72.9 Å². The fraction of sp³-hybridized carbons (Fsp3) is 0.200. The van der Waals surface area contributed by atoms with Crippen molar-refractivity contribution in [3.05, 3.63) is 24.0 Å². The van der Waals surface area contributed by atoms with Crippen molar-refractivity contribution < 1.29 is 4.79 Å². The lowest BCUT2D eigenvalue weighted by molar-refractivity contribution is 0.100. The summed E-state index contributed by atoms with van der Waals surface area (Å²) in [6.07, 6.45) is 3.39. The van der Waals surface area contributed by atoms with Crippen LogP contribution in [0.1, 0.15) is 10.4 Å². The summed E-state index contributed by atoms with van der Waals surface area (Å²) >= 11 is 0. The van der Waals surface area contributed by atoms with E-state index in [4.69, 9.17) is 5.73 Å². The number of nitrogens with two attached hydrogens (primary N) is 1. The molecule has 1 amide bonds. The lowest BCUT2D eigenvalue weighted by Crippen LogP contribution is -2.14. The second kappa shape index (κ2) is 3.27. The van der Waals surface area contributed by atoms with Crippen LogP contribution in [0.2, 0.25) is 0 Å². The minimum Gasteiger partial charge on any atom is -0.387 e. The third-order valence-electron chi connectivity index (χ3n) is 2.41. The molecule has 5 heteroatoms. The molecule has 5 nitrogen and oxygen atoms in total. The van der Waals surface area contributed by atoms with Gasteiger partial charge in [-0.15, -0.1) is 0 Å².